The highest BCUT2D eigenvalue weighted by atomic mass is 32.2. The lowest BCUT2D eigenvalue weighted by Gasteiger charge is -2.11. The second-order valence-corrected chi connectivity index (χ2v) is 8.05. The lowest BCUT2D eigenvalue weighted by atomic mass is 10.3. The molecule has 0 aromatic heterocycles. The van der Waals surface area contributed by atoms with Crippen molar-refractivity contribution in [3.8, 4) is 0 Å². The molecular formula is C13H20S2. The first kappa shape index (κ1) is 11.2. The summed E-state index contributed by atoms with van der Waals surface area (Å²) in [6.45, 7) is 0. The molecule has 0 atom stereocenters. The van der Waals surface area contributed by atoms with Gasteiger partial charge in [-0.15, -0.1) is 0 Å². The average molecular weight is 240 g/mol. The Bertz CT molecular complexity index is 246. The first-order valence-corrected chi connectivity index (χ1v) is 9.00. The summed E-state index contributed by atoms with van der Waals surface area (Å²) < 4.78 is 0. The molecule has 0 radical (unpaired) electrons. The highest BCUT2D eigenvalue weighted by molar-refractivity contribution is 8.22. The summed E-state index contributed by atoms with van der Waals surface area (Å²) in [5.74, 6) is 2.82. The van der Waals surface area contributed by atoms with Crippen LogP contribution in [0.4, 0.5) is 0 Å². The van der Waals surface area contributed by atoms with Crippen LogP contribution < -0.4 is 0 Å². The minimum atomic E-state index is 0.144. The maximum absolute atomic E-state index is 2.38. The Morgan fingerprint density at radius 1 is 0.533 bits per heavy atom. The Hall–Kier alpha value is -0.340. The zero-order valence-corrected chi connectivity index (χ0v) is 10.8. The first-order chi connectivity index (χ1) is 7.45. The third-order valence-electron chi connectivity index (χ3n) is 2.67. The van der Waals surface area contributed by atoms with Crippen LogP contribution in [0.5, 0.6) is 0 Å². The molecule has 0 amide bonds. The Balaban J connectivity index is 1.48. The maximum atomic E-state index is 2.38. The van der Waals surface area contributed by atoms with Crippen LogP contribution in [0.15, 0.2) is 45.9 Å². The standard InChI is InChI=1S/C13H20S2/c1(2-8-14-10-4-5-11-14)3-9-15-12-6-7-13-15/h4-7,10-15H,1-3,8-9H2. The molecule has 0 nitrogen and oxygen atoms in total. The number of hydrogen-bond acceptors (Lipinski definition) is 0. The van der Waals surface area contributed by atoms with Gasteiger partial charge in [-0.25, -0.2) is 21.8 Å². The van der Waals surface area contributed by atoms with E-state index in [-0.39, 0.29) is 21.8 Å². The van der Waals surface area contributed by atoms with Crippen molar-refractivity contribution in [1.29, 1.82) is 0 Å². The number of hydrogen-bond donors (Lipinski definition) is 2. The van der Waals surface area contributed by atoms with Gasteiger partial charge in [-0.1, -0.05) is 30.7 Å². The zero-order chi connectivity index (χ0) is 10.3. The van der Waals surface area contributed by atoms with E-state index in [0.717, 1.165) is 0 Å². The number of rotatable bonds is 6. The molecule has 0 aromatic rings. The molecule has 15 heavy (non-hydrogen) atoms. The van der Waals surface area contributed by atoms with Crippen molar-refractivity contribution in [3.63, 3.8) is 0 Å². The van der Waals surface area contributed by atoms with Crippen LogP contribution >= 0.6 is 21.8 Å². The van der Waals surface area contributed by atoms with Gasteiger partial charge in [0.15, 0.2) is 0 Å². The molecule has 0 unspecified atom stereocenters. The van der Waals surface area contributed by atoms with Gasteiger partial charge < -0.3 is 0 Å². The summed E-state index contributed by atoms with van der Waals surface area (Å²) in [5, 5.41) is 9.51. The molecule has 0 saturated heterocycles. The highest BCUT2D eigenvalue weighted by Crippen LogP contribution is 2.35. The summed E-state index contributed by atoms with van der Waals surface area (Å²) in [6, 6.07) is 0. The van der Waals surface area contributed by atoms with Crippen molar-refractivity contribution in [2.24, 2.45) is 0 Å². The van der Waals surface area contributed by atoms with Gasteiger partial charge in [0.25, 0.3) is 0 Å². The van der Waals surface area contributed by atoms with E-state index in [0.29, 0.717) is 0 Å². The summed E-state index contributed by atoms with van der Waals surface area (Å²) in [5.41, 5.74) is 0. The predicted molar refractivity (Wildman–Crippen MR) is 78.1 cm³/mol. The molecular weight excluding hydrogens is 220 g/mol. The van der Waals surface area contributed by atoms with Gasteiger partial charge in [0.2, 0.25) is 0 Å². The van der Waals surface area contributed by atoms with Crippen molar-refractivity contribution in [1.82, 2.24) is 0 Å². The monoisotopic (exact) mass is 240 g/mol. The molecule has 84 valence electrons. The van der Waals surface area contributed by atoms with E-state index in [1.54, 1.807) is 0 Å². The Morgan fingerprint density at radius 3 is 1.33 bits per heavy atom. The van der Waals surface area contributed by atoms with Crippen LogP contribution in [0.2, 0.25) is 0 Å². The fourth-order valence-corrected chi connectivity index (χ4v) is 5.06. The summed E-state index contributed by atoms with van der Waals surface area (Å²) >= 11 is 0. The second-order valence-electron chi connectivity index (χ2n) is 3.90. The normalized spacial score (nSPS) is 22.1. The van der Waals surface area contributed by atoms with Gasteiger partial charge in [0, 0.05) is 0 Å². The molecule has 0 aromatic carbocycles. The fraction of sp³-hybridized carbons (Fsp3) is 0.385. The van der Waals surface area contributed by atoms with Crippen LogP contribution in [0.1, 0.15) is 19.3 Å². The topological polar surface area (TPSA) is 0 Å². The average Bonchev–Trinajstić information content (AvgIpc) is 2.88. The highest BCUT2D eigenvalue weighted by Gasteiger charge is 2.01. The maximum Gasteiger partial charge on any atom is -0.0185 e. The Morgan fingerprint density at radius 2 is 0.933 bits per heavy atom. The van der Waals surface area contributed by atoms with E-state index in [9.17, 15) is 0 Å². The predicted octanol–water partition coefficient (Wildman–Crippen LogP) is 4.24. The van der Waals surface area contributed by atoms with Crippen molar-refractivity contribution in [2.75, 3.05) is 11.5 Å². The minimum absolute atomic E-state index is 0.144. The summed E-state index contributed by atoms with van der Waals surface area (Å²) in [6.07, 6.45) is 13.0. The molecule has 0 saturated carbocycles. The Kier molecular flexibility index (Phi) is 4.68. The van der Waals surface area contributed by atoms with Crippen molar-refractivity contribution >= 4 is 21.8 Å². The quantitative estimate of drug-likeness (QED) is 0.503. The first-order valence-electron chi connectivity index (χ1n) is 5.67. The van der Waals surface area contributed by atoms with Gasteiger partial charge in [0.05, 0.1) is 0 Å². The molecule has 0 spiro atoms. The van der Waals surface area contributed by atoms with Gasteiger partial charge in [-0.3, -0.25) is 0 Å². The number of thiol groups is 2. The third-order valence-corrected chi connectivity index (χ3v) is 6.55. The van der Waals surface area contributed by atoms with Crippen LogP contribution in [-0.4, -0.2) is 11.5 Å². The van der Waals surface area contributed by atoms with Gasteiger partial charge in [-0.2, -0.15) is 0 Å². The lowest BCUT2D eigenvalue weighted by molar-refractivity contribution is 0.785. The van der Waals surface area contributed by atoms with E-state index in [4.69, 9.17) is 0 Å². The van der Waals surface area contributed by atoms with Gasteiger partial charge in [0.1, 0.15) is 0 Å². The minimum Gasteiger partial charge on any atom is -0.213 e. The van der Waals surface area contributed by atoms with Gasteiger partial charge in [-0.05, 0) is 46.0 Å². The zero-order valence-electron chi connectivity index (χ0n) is 9.05. The Labute approximate surface area is 98.5 Å². The number of unbranched alkanes of at least 4 members (excludes halogenated alkanes) is 2. The fourth-order valence-electron chi connectivity index (χ4n) is 1.80. The van der Waals surface area contributed by atoms with E-state index >= 15 is 0 Å². The van der Waals surface area contributed by atoms with Crippen LogP contribution in [-0.2, 0) is 0 Å². The third kappa shape index (κ3) is 3.96. The number of allylic oxidation sites excluding steroid dienone is 4. The molecule has 2 aliphatic rings. The molecule has 0 N–H and O–H groups in total. The largest absolute Gasteiger partial charge is 0.213 e. The van der Waals surface area contributed by atoms with Crippen molar-refractivity contribution in [3.05, 3.63) is 45.9 Å². The molecule has 2 heterocycles. The molecule has 0 bridgehead atoms. The van der Waals surface area contributed by atoms with E-state index in [1.165, 1.54) is 30.8 Å². The van der Waals surface area contributed by atoms with E-state index < -0.39 is 0 Å². The van der Waals surface area contributed by atoms with Crippen molar-refractivity contribution in [2.45, 2.75) is 19.3 Å². The van der Waals surface area contributed by atoms with Crippen LogP contribution in [0, 0.1) is 0 Å². The molecule has 2 aliphatic heterocycles. The molecule has 2 heteroatoms. The SMILES string of the molecule is C1=C[SH](CCCCC[SH]2C=CC=C2)C=C1. The van der Waals surface area contributed by atoms with Crippen LogP contribution in [0.3, 0.4) is 0 Å². The molecule has 0 fully saturated rings. The van der Waals surface area contributed by atoms with Crippen molar-refractivity contribution < 1.29 is 0 Å². The second kappa shape index (κ2) is 6.29. The molecule has 2 rings (SSSR count). The van der Waals surface area contributed by atoms with E-state index in [2.05, 4.69) is 45.9 Å². The molecule has 0 aliphatic carbocycles. The lowest BCUT2D eigenvalue weighted by Crippen LogP contribution is -1.87. The van der Waals surface area contributed by atoms with E-state index in [1.807, 2.05) is 0 Å². The summed E-state index contributed by atoms with van der Waals surface area (Å²) in [7, 11) is 0.289. The van der Waals surface area contributed by atoms with Gasteiger partial charge >= 0.3 is 0 Å². The summed E-state index contributed by atoms with van der Waals surface area (Å²) in [4.78, 5) is 0. The van der Waals surface area contributed by atoms with Crippen LogP contribution in [0.25, 0.3) is 0 Å². The smallest absolute Gasteiger partial charge is 0.0185 e.